The fourth-order valence-corrected chi connectivity index (χ4v) is 2.65. The molecule has 1 heterocycles. The van der Waals surface area contributed by atoms with E-state index in [1.807, 2.05) is 6.92 Å². The summed E-state index contributed by atoms with van der Waals surface area (Å²) in [6.07, 6.45) is 3.57. The Balaban J connectivity index is 2.72. The van der Waals surface area contributed by atoms with Gasteiger partial charge in [-0.05, 0) is 25.7 Å². The second-order valence-electron chi connectivity index (χ2n) is 4.15. The van der Waals surface area contributed by atoms with Crippen LogP contribution in [-0.4, -0.2) is 11.6 Å². The van der Waals surface area contributed by atoms with E-state index in [0.29, 0.717) is 5.92 Å². The zero-order chi connectivity index (χ0) is 12.0. The summed E-state index contributed by atoms with van der Waals surface area (Å²) in [5.74, 6) is 0.564. The van der Waals surface area contributed by atoms with Crippen molar-refractivity contribution in [3.63, 3.8) is 0 Å². The van der Waals surface area contributed by atoms with Gasteiger partial charge in [-0.3, -0.25) is 0 Å². The van der Waals surface area contributed by atoms with Gasteiger partial charge >= 0.3 is 0 Å². The zero-order valence-corrected chi connectivity index (χ0v) is 11.6. The minimum atomic E-state index is 0.206. The average molecular weight is 241 g/mol. The van der Waals surface area contributed by atoms with Gasteiger partial charge in [-0.25, -0.2) is 4.98 Å². The van der Waals surface area contributed by atoms with Crippen molar-refractivity contribution in [1.82, 2.24) is 4.98 Å². The van der Waals surface area contributed by atoms with Gasteiger partial charge in [-0.1, -0.05) is 27.2 Å². The topological polar surface area (TPSA) is 22.1 Å². The van der Waals surface area contributed by atoms with Crippen molar-refractivity contribution in [2.75, 3.05) is 6.61 Å². The lowest BCUT2D eigenvalue weighted by molar-refractivity contribution is 0.0554. The number of aromatic nitrogens is 1. The molecule has 3 heteroatoms. The van der Waals surface area contributed by atoms with E-state index >= 15 is 0 Å². The highest BCUT2D eigenvalue weighted by Crippen LogP contribution is 2.29. The first-order valence-electron chi connectivity index (χ1n) is 6.29. The van der Waals surface area contributed by atoms with Gasteiger partial charge in [0.25, 0.3) is 0 Å². The maximum atomic E-state index is 5.74. The summed E-state index contributed by atoms with van der Waals surface area (Å²) in [7, 11) is 0. The smallest absolute Gasteiger partial charge is 0.122 e. The molecule has 0 aliphatic heterocycles. The highest BCUT2D eigenvalue weighted by Gasteiger charge is 2.16. The average Bonchev–Trinajstić information content (AvgIpc) is 2.77. The molecule has 16 heavy (non-hydrogen) atoms. The SMILES string of the molecule is CCCC(OCC)c1nc(C(C)CC)cs1. The van der Waals surface area contributed by atoms with Crippen LogP contribution in [0.25, 0.3) is 0 Å². The van der Waals surface area contributed by atoms with Gasteiger partial charge in [-0.2, -0.15) is 0 Å². The number of thiazole rings is 1. The first kappa shape index (κ1) is 13.7. The van der Waals surface area contributed by atoms with Crippen molar-refractivity contribution in [3.8, 4) is 0 Å². The van der Waals surface area contributed by atoms with Crippen molar-refractivity contribution < 1.29 is 4.74 Å². The van der Waals surface area contributed by atoms with Gasteiger partial charge in [0, 0.05) is 12.0 Å². The van der Waals surface area contributed by atoms with Crippen LogP contribution >= 0.6 is 11.3 Å². The number of hydrogen-bond acceptors (Lipinski definition) is 3. The highest BCUT2D eigenvalue weighted by atomic mass is 32.1. The molecule has 2 atom stereocenters. The Bertz CT molecular complexity index is 292. The van der Waals surface area contributed by atoms with Gasteiger partial charge < -0.3 is 4.74 Å². The number of rotatable bonds is 7. The Kier molecular flexibility index (Phi) is 5.99. The summed E-state index contributed by atoms with van der Waals surface area (Å²) in [5.41, 5.74) is 1.23. The molecule has 0 spiro atoms. The molecule has 2 unspecified atom stereocenters. The third-order valence-electron chi connectivity index (χ3n) is 2.85. The molecule has 92 valence electrons. The Labute approximate surface area is 103 Å². The Morgan fingerprint density at radius 2 is 2.12 bits per heavy atom. The van der Waals surface area contributed by atoms with Crippen LogP contribution in [0.15, 0.2) is 5.38 Å². The van der Waals surface area contributed by atoms with Crippen LogP contribution in [0.4, 0.5) is 0 Å². The van der Waals surface area contributed by atoms with Gasteiger partial charge in [0.1, 0.15) is 11.1 Å². The maximum absolute atomic E-state index is 5.74. The lowest BCUT2D eigenvalue weighted by atomic mass is 10.1. The van der Waals surface area contributed by atoms with Gasteiger partial charge in [0.15, 0.2) is 0 Å². The minimum absolute atomic E-state index is 0.206. The lowest BCUT2D eigenvalue weighted by Gasteiger charge is -2.13. The largest absolute Gasteiger partial charge is 0.371 e. The van der Waals surface area contributed by atoms with Gasteiger partial charge in [0.05, 0.1) is 5.69 Å². The van der Waals surface area contributed by atoms with E-state index in [1.165, 1.54) is 5.69 Å². The number of nitrogens with zero attached hydrogens (tertiary/aromatic N) is 1. The van der Waals surface area contributed by atoms with E-state index in [2.05, 4.69) is 26.2 Å². The molecule has 1 aromatic rings. The minimum Gasteiger partial charge on any atom is -0.371 e. The molecule has 0 aliphatic carbocycles. The molecule has 0 amide bonds. The van der Waals surface area contributed by atoms with E-state index in [0.717, 1.165) is 30.9 Å². The van der Waals surface area contributed by atoms with Crippen LogP contribution in [0.5, 0.6) is 0 Å². The second kappa shape index (κ2) is 7.02. The lowest BCUT2D eigenvalue weighted by Crippen LogP contribution is -2.04. The van der Waals surface area contributed by atoms with Crippen LogP contribution in [0.2, 0.25) is 0 Å². The molecule has 0 aliphatic rings. The quantitative estimate of drug-likeness (QED) is 0.699. The molecule has 0 saturated carbocycles. The second-order valence-corrected chi connectivity index (χ2v) is 5.04. The van der Waals surface area contributed by atoms with E-state index in [-0.39, 0.29) is 6.10 Å². The molecule has 0 aromatic carbocycles. The molecule has 2 nitrogen and oxygen atoms in total. The van der Waals surface area contributed by atoms with Crippen LogP contribution < -0.4 is 0 Å². The molecule has 1 aromatic heterocycles. The van der Waals surface area contributed by atoms with Crippen LogP contribution in [0, 0.1) is 0 Å². The first-order valence-corrected chi connectivity index (χ1v) is 7.17. The Morgan fingerprint density at radius 1 is 1.38 bits per heavy atom. The van der Waals surface area contributed by atoms with E-state index in [4.69, 9.17) is 9.72 Å². The van der Waals surface area contributed by atoms with Crippen molar-refractivity contribution in [3.05, 3.63) is 16.1 Å². The molecule has 0 N–H and O–H groups in total. The first-order chi connectivity index (χ1) is 7.72. The fraction of sp³-hybridized carbons (Fsp3) is 0.769. The zero-order valence-electron chi connectivity index (χ0n) is 10.8. The molecule has 0 fully saturated rings. The van der Waals surface area contributed by atoms with Crippen molar-refractivity contribution in [2.45, 2.75) is 59.0 Å². The van der Waals surface area contributed by atoms with Crippen molar-refractivity contribution >= 4 is 11.3 Å². The molecular weight excluding hydrogens is 218 g/mol. The maximum Gasteiger partial charge on any atom is 0.122 e. The predicted molar refractivity (Wildman–Crippen MR) is 70.1 cm³/mol. The number of ether oxygens (including phenoxy) is 1. The standard InChI is InChI=1S/C13H23NOS/c1-5-8-12(15-7-3)13-14-11(9-16-13)10(4)6-2/h9-10,12H,5-8H2,1-4H3. The Hall–Kier alpha value is -0.410. The molecule has 1 rings (SSSR count). The molecule has 0 radical (unpaired) electrons. The Morgan fingerprint density at radius 3 is 2.69 bits per heavy atom. The van der Waals surface area contributed by atoms with E-state index in [9.17, 15) is 0 Å². The summed E-state index contributed by atoms with van der Waals surface area (Å²) < 4.78 is 5.74. The summed E-state index contributed by atoms with van der Waals surface area (Å²) in [6, 6.07) is 0. The summed E-state index contributed by atoms with van der Waals surface area (Å²) >= 11 is 1.75. The van der Waals surface area contributed by atoms with Crippen molar-refractivity contribution in [2.24, 2.45) is 0 Å². The van der Waals surface area contributed by atoms with Crippen LogP contribution in [0.1, 0.15) is 69.7 Å². The molecule has 0 bridgehead atoms. The molecule has 0 saturated heterocycles. The monoisotopic (exact) mass is 241 g/mol. The predicted octanol–water partition coefficient (Wildman–Crippen LogP) is 4.53. The van der Waals surface area contributed by atoms with E-state index in [1.54, 1.807) is 11.3 Å². The summed E-state index contributed by atoms with van der Waals surface area (Å²) in [4.78, 5) is 4.71. The van der Waals surface area contributed by atoms with Crippen molar-refractivity contribution in [1.29, 1.82) is 0 Å². The van der Waals surface area contributed by atoms with Gasteiger partial charge in [0.2, 0.25) is 0 Å². The molecular formula is C13H23NOS. The summed E-state index contributed by atoms with van der Waals surface area (Å²) in [5, 5.41) is 3.34. The normalized spacial score (nSPS) is 15.0. The fourth-order valence-electron chi connectivity index (χ4n) is 1.63. The highest BCUT2D eigenvalue weighted by molar-refractivity contribution is 7.09. The number of hydrogen-bond donors (Lipinski definition) is 0. The third-order valence-corrected chi connectivity index (χ3v) is 3.81. The van der Waals surface area contributed by atoms with Crippen LogP contribution in [0.3, 0.4) is 0 Å². The third kappa shape index (κ3) is 3.56. The van der Waals surface area contributed by atoms with Gasteiger partial charge in [-0.15, -0.1) is 11.3 Å². The van der Waals surface area contributed by atoms with E-state index < -0.39 is 0 Å². The summed E-state index contributed by atoms with van der Waals surface area (Å²) in [6.45, 7) is 9.44. The van der Waals surface area contributed by atoms with Crippen LogP contribution in [-0.2, 0) is 4.74 Å².